The van der Waals surface area contributed by atoms with Gasteiger partial charge >= 0.3 is 21.7 Å². The van der Waals surface area contributed by atoms with E-state index in [1.807, 2.05) is 0 Å². The number of hydrogen-bond donors (Lipinski definition) is 3. The molecule has 0 atom stereocenters. The zero-order valence-electron chi connectivity index (χ0n) is 14.3. The van der Waals surface area contributed by atoms with Gasteiger partial charge in [-0.05, 0) is 12.8 Å². The summed E-state index contributed by atoms with van der Waals surface area (Å²) >= 11 is 0. The average Bonchev–Trinajstić information content (AvgIpc) is 2.45. The Bertz CT molecular complexity index is 415. The Balaban J connectivity index is 0. The molecule has 0 spiro atoms. The standard InChI is InChI=1S/C13H28N2O.CHF3O3S/c1-3-5-7-8-9-10-12-15-13(16)14-11-6-4-2;2-1(3,4)8(5,6)7/h3-12H2,1-2H3,(H2,14,15,16);(H,5,6,7). The Morgan fingerprint density at radius 3 is 1.67 bits per heavy atom. The van der Waals surface area contributed by atoms with Gasteiger partial charge in [0.2, 0.25) is 0 Å². The molecule has 0 aliphatic carbocycles. The van der Waals surface area contributed by atoms with Crippen molar-refractivity contribution < 1.29 is 30.9 Å². The van der Waals surface area contributed by atoms with Crippen molar-refractivity contribution in [1.82, 2.24) is 10.6 Å². The summed E-state index contributed by atoms with van der Waals surface area (Å²) in [4.78, 5) is 11.2. The molecule has 10 heteroatoms. The number of nitrogens with one attached hydrogen (secondary N) is 2. The first-order chi connectivity index (χ1) is 11.1. The van der Waals surface area contributed by atoms with Crippen LogP contribution in [0.1, 0.15) is 65.2 Å². The van der Waals surface area contributed by atoms with Crippen molar-refractivity contribution in [2.45, 2.75) is 70.7 Å². The van der Waals surface area contributed by atoms with Crippen LogP contribution < -0.4 is 10.6 Å². The predicted molar refractivity (Wildman–Crippen MR) is 87.3 cm³/mol. The van der Waals surface area contributed by atoms with Crippen LogP contribution in [0, 0.1) is 0 Å². The van der Waals surface area contributed by atoms with Crippen LogP contribution in [0.15, 0.2) is 0 Å². The SMILES string of the molecule is CCCCCCCCNC(=O)NCCCC.O=S(=O)(O)C(F)(F)F. The highest BCUT2D eigenvalue weighted by atomic mass is 32.2. The molecular weight excluding hydrogens is 349 g/mol. The summed E-state index contributed by atoms with van der Waals surface area (Å²) in [6, 6.07) is -0.0120. The molecule has 0 aromatic carbocycles. The minimum atomic E-state index is -5.84. The van der Waals surface area contributed by atoms with Crippen LogP contribution >= 0.6 is 0 Å². The second-order valence-electron chi connectivity index (χ2n) is 5.22. The fourth-order valence-electron chi connectivity index (χ4n) is 1.55. The number of alkyl halides is 3. The van der Waals surface area contributed by atoms with Crippen molar-refractivity contribution in [3.8, 4) is 0 Å². The number of carbonyl (C=O) groups excluding carboxylic acids is 1. The fourth-order valence-corrected chi connectivity index (χ4v) is 1.55. The van der Waals surface area contributed by atoms with E-state index in [9.17, 15) is 18.0 Å². The molecular formula is C14H29F3N2O4S. The summed E-state index contributed by atoms with van der Waals surface area (Å²) in [5, 5.41) is 5.73. The predicted octanol–water partition coefficient (Wildman–Crippen LogP) is 3.84. The molecule has 0 aliphatic rings. The van der Waals surface area contributed by atoms with E-state index in [0.717, 1.165) is 32.4 Å². The molecule has 0 bridgehead atoms. The minimum Gasteiger partial charge on any atom is -0.338 e. The van der Waals surface area contributed by atoms with Gasteiger partial charge in [0.15, 0.2) is 0 Å². The summed E-state index contributed by atoms with van der Waals surface area (Å²) in [5.41, 5.74) is -5.53. The zero-order valence-corrected chi connectivity index (χ0v) is 15.1. The third-order valence-electron chi connectivity index (χ3n) is 2.92. The normalized spacial score (nSPS) is 11.4. The van der Waals surface area contributed by atoms with Gasteiger partial charge < -0.3 is 10.6 Å². The van der Waals surface area contributed by atoms with Crippen molar-refractivity contribution >= 4 is 16.1 Å². The second-order valence-corrected chi connectivity index (χ2v) is 6.64. The molecule has 0 aromatic heterocycles. The highest BCUT2D eigenvalue weighted by Crippen LogP contribution is 2.20. The molecule has 0 saturated heterocycles. The molecule has 6 nitrogen and oxygen atoms in total. The molecule has 0 radical (unpaired) electrons. The first kappa shape index (κ1) is 25.2. The molecule has 0 rings (SSSR count). The van der Waals surface area contributed by atoms with Crippen molar-refractivity contribution in [1.29, 1.82) is 0 Å². The van der Waals surface area contributed by atoms with E-state index in [1.54, 1.807) is 0 Å². The molecule has 146 valence electrons. The number of halogens is 3. The monoisotopic (exact) mass is 378 g/mol. The highest BCUT2D eigenvalue weighted by Gasteiger charge is 2.44. The molecule has 0 fully saturated rings. The summed E-state index contributed by atoms with van der Waals surface area (Å²) in [7, 11) is -5.84. The lowest BCUT2D eigenvalue weighted by atomic mass is 10.1. The van der Waals surface area contributed by atoms with Gasteiger partial charge in [0.05, 0.1) is 0 Å². The number of unbranched alkanes of at least 4 members (excludes halogenated alkanes) is 6. The van der Waals surface area contributed by atoms with Crippen molar-refractivity contribution in [2.24, 2.45) is 0 Å². The smallest absolute Gasteiger partial charge is 0.338 e. The number of carbonyl (C=O) groups is 1. The first-order valence-corrected chi connectivity index (χ1v) is 9.55. The third kappa shape index (κ3) is 17.3. The summed E-state index contributed by atoms with van der Waals surface area (Å²) in [5.74, 6) is 0. The quantitative estimate of drug-likeness (QED) is 0.306. The molecule has 0 unspecified atom stereocenters. The molecule has 0 saturated carbocycles. The van der Waals surface area contributed by atoms with Crippen LogP contribution in [0.2, 0.25) is 0 Å². The Morgan fingerprint density at radius 1 is 0.875 bits per heavy atom. The number of urea groups is 1. The summed E-state index contributed by atoms with van der Waals surface area (Å²) in [6.07, 6.45) is 9.78. The maximum Gasteiger partial charge on any atom is 0.522 e. The van der Waals surface area contributed by atoms with Gasteiger partial charge in [-0.2, -0.15) is 21.6 Å². The van der Waals surface area contributed by atoms with Crippen molar-refractivity contribution in [3.63, 3.8) is 0 Å². The van der Waals surface area contributed by atoms with Crippen LogP contribution in [-0.4, -0.2) is 37.6 Å². The van der Waals surface area contributed by atoms with Crippen LogP contribution in [0.3, 0.4) is 0 Å². The Morgan fingerprint density at radius 2 is 1.25 bits per heavy atom. The molecule has 0 aliphatic heterocycles. The largest absolute Gasteiger partial charge is 0.522 e. The molecule has 0 heterocycles. The van der Waals surface area contributed by atoms with Gasteiger partial charge in [-0.25, -0.2) is 4.79 Å². The molecule has 24 heavy (non-hydrogen) atoms. The van der Waals surface area contributed by atoms with E-state index in [2.05, 4.69) is 24.5 Å². The van der Waals surface area contributed by atoms with Gasteiger partial charge in [-0.1, -0.05) is 52.4 Å². The maximum atomic E-state index is 11.2. The second kappa shape index (κ2) is 14.3. The topological polar surface area (TPSA) is 95.5 Å². The van der Waals surface area contributed by atoms with Crippen LogP contribution in [-0.2, 0) is 10.1 Å². The zero-order chi connectivity index (χ0) is 19.1. The lowest BCUT2D eigenvalue weighted by Gasteiger charge is -2.06. The van der Waals surface area contributed by atoms with Crippen LogP contribution in [0.25, 0.3) is 0 Å². The van der Waals surface area contributed by atoms with Gasteiger partial charge in [-0.15, -0.1) is 0 Å². The van der Waals surface area contributed by atoms with Crippen LogP contribution in [0.4, 0.5) is 18.0 Å². The van der Waals surface area contributed by atoms with Crippen LogP contribution in [0.5, 0.6) is 0 Å². The number of rotatable bonds is 10. The average molecular weight is 378 g/mol. The molecule has 0 aromatic rings. The van der Waals surface area contributed by atoms with E-state index in [1.165, 1.54) is 32.1 Å². The lowest BCUT2D eigenvalue weighted by Crippen LogP contribution is -2.36. The van der Waals surface area contributed by atoms with E-state index >= 15 is 0 Å². The van der Waals surface area contributed by atoms with Gasteiger partial charge in [0.1, 0.15) is 0 Å². The fraction of sp³-hybridized carbons (Fsp3) is 0.929. The van der Waals surface area contributed by atoms with Gasteiger partial charge in [-0.3, -0.25) is 4.55 Å². The van der Waals surface area contributed by atoms with E-state index in [-0.39, 0.29) is 6.03 Å². The summed E-state index contributed by atoms with van der Waals surface area (Å²) < 4.78 is 57.5. The molecule has 2 amide bonds. The van der Waals surface area contributed by atoms with E-state index in [0.29, 0.717) is 0 Å². The highest BCUT2D eigenvalue weighted by molar-refractivity contribution is 7.86. The van der Waals surface area contributed by atoms with E-state index < -0.39 is 15.6 Å². The maximum absolute atomic E-state index is 11.2. The Hall–Kier alpha value is -1.03. The number of hydrogen-bond acceptors (Lipinski definition) is 3. The Labute approximate surface area is 142 Å². The van der Waals surface area contributed by atoms with Crippen molar-refractivity contribution in [2.75, 3.05) is 13.1 Å². The van der Waals surface area contributed by atoms with E-state index in [4.69, 9.17) is 13.0 Å². The number of amides is 2. The first-order valence-electron chi connectivity index (χ1n) is 8.11. The van der Waals surface area contributed by atoms with Crippen molar-refractivity contribution in [3.05, 3.63) is 0 Å². The Kier molecular flexibility index (Phi) is 15.0. The molecule has 3 N–H and O–H groups in total. The third-order valence-corrected chi connectivity index (χ3v) is 3.51. The summed E-state index contributed by atoms with van der Waals surface area (Å²) in [6.45, 7) is 5.95. The van der Waals surface area contributed by atoms with Gasteiger partial charge in [0, 0.05) is 13.1 Å². The van der Waals surface area contributed by atoms with Gasteiger partial charge in [0.25, 0.3) is 0 Å². The lowest BCUT2D eigenvalue weighted by molar-refractivity contribution is -0.0510. The minimum absolute atomic E-state index is 0.0120.